The Morgan fingerprint density at radius 3 is 3.00 bits per heavy atom. The highest BCUT2D eigenvalue weighted by Gasteiger charge is 2.24. The van der Waals surface area contributed by atoms with Crippen molar-refractivity contribution in [1.82, 2.24) is 10.3 Å². The number of aromatic nitrogens is 1. The first-order valence-electron chi connectivity index (χ1n) is 6.35. The quantitative estimate of drug-likeness (QED) is 0.814. The Hall–Kier alpha value is -1.09. The van der Waals surface area contributed by atoms with Crippen molar-refractivity contribution in [1.29, 1.82) is 0 Å². The maximum absolute atomic E-state index is 4.40. The number of rotatable bonds is 3. The SMILES string of the molecule is c1cc(C2CC2)cc(NC2CCCNC2)n1. The molecule has 0 aromatic carbocycles. The molecule has 0 amide bonds. The first-order chi connectivity index (χ1) is 7.92. The average molecular weight is 217 g/mol. The molecular formula is C13H19N3. The molecule has 2 heterocycles. The molecule has 1 aliphatic carbocycles. The lowest BCUT2D eigenvalue weighted by atomic mass is 10.1. The van der Waals surface area contributed by atoms with Crippen molar-refractivity contribution in [2.75, 3.05) is 18.4 Å². The van der Waals surface area contributed by atoms with Crippen LogP contribution in [0, 0.1) is 0 Å². The first kappa shape index (κ1) is 10.1. The number of anilines is 1. The van der Waals surface area contributed by atoms with Crippen molar-refractivity contribution in [3.8, 4) is 0 Å². The van der Waals surface area contributed by atoms with Crippen molar-refractivity contribution in [3.63, 3.8) is 0 Å². The highest BCUT2D eigenvalue weighted by atomic mass is 15.1. The van der Waals surface area contributed by atoms with Crippen LogP contribution in [-0.2, 0) is 0 Å². The monoisotopic (exact) mass is 217 g/mol. The fraction of sp³-hybridized carbons (Fsp3) is 0.615. The molecule has 3 nitrogen and oxygen atoms in total. The molecule has 2 fully saturated rings. The van der Waals surface area contributed by atoms with Crippen molar-refractivity contribution in [3.05, 3.63) is 23.9 Å². The third-order valence-corrected chi connectivity index (χ3v) is 3.48. The molecule has 1 saturated heterocycles. The van der Waals surface area contributed by atoms with Gasteiger partial charge in [-0.15, -0.1) is 0 Å². The summed E-state index contributed by atoms with van der Waals surface area (Å²) in [4.78, 5) is 4.40. The van der Waals surface area contributed by atoms with Crippen molar-refractivity contribution < 1.29 is 0 Å². The largest absolute Gasteiger partial charge is 0.366 e. The topological polar surface area (TPSA) is 37.0 Å². The molecule has 1 atom stereocenters. The van der Waals surface area contributed by atoms with Gasteiger partial charge in [0.05, 0.1) is 0 Å². The number of hydrogen-bond acceptors (Lipinski definition) is 3. The summed E-state index contributed by atoms with van der Waals surface area (Å²) in [5.74, 6) is 1.87. The Morgan fingerprint density at radius 2 is 2.25 bits per heavy atom. The molecule has 0 spiro atoms. The summed E-state index contributed by atoms with van der Waals surface area (Å²) in [7, 11) is 0. The summed E-state index contributed by atoms with van der Waals surface area (Å²) < 4.78 is 0. The first-order valence-corrected chi connectivity index (χ1v) is 6.35. The maximum atomic E-state index is 4.40. The second kappa shape index (κ2) is 4.42. The van der Waals surface area contributed by atoms with Gasteiger partial charge in [-0.05, 0) is 55.8 Å². The van der Waals surface area contributed by atoms with E-state index >= 15 is 0 Å². The van der Waals surface area contributed by atoms with Crippen molar-refractivity contribution in [2.45, 2.75) is 37.6 Å². The highest BCUT2D eigenvalue weighted by molar-refractivity contribution is 5.41. The van der Waals surface area contributed by atoms with Crippen molar-refractivity contribution in [2.24, 2.45) is 0 Å². The number of pyridine rings is 1. The van der Waals surface area contributed by atoms with E-state index in [2.05, 4.69) is 27.8 Å². The summed E-state index contributed by atoms with van der Waals surface area (Å²) in [6.07, 6.45) is 7.16. The maximum Gasteiger partial charge on any atom is 0.126 e. The van der Waals surface area contributed by atoms with Gasteiger partial charge in [-0.3, -0.25) is 0 Å². The van der Waals surface area contributed by atoms with Crippen molar-refractivity contribution >= 4 is 5.82 Å². The Labute approximate surface area is 96.7 Å². The molecule has 0 bridgehead atoms. The van der Waals surface area contributed by atoms with Crippen LogP contribution in [0.15, 0.2) is 18.3 Å². The fourth-order valence-electron chi connectivity index (χ4n) is 2.38. The van der Waals surface area contributed by atoms with Gasteiger partial charge in [-0.2, -0.15) is 0 Å². The van der Waals surface area contributed by atoms with Gasteiger partial charge in [0.1, 0.15) is 5.82 Å². The summed E-state index contributed by atoms with van der Waals surface area (Å²) in [5, 5.41) is 6.94. The van der Waals surface area contributed by atoms with E-state index in [-0.39, 0.29) is 0 Å². The summed E-state index contributed by atoms with van der Waals surface area (Å²) in [6, 6.07) is 4.93. The van der Waals surface area contributed by atoms with Crippen LogP contribution in [0.3, 0.4) is 0 Å². The standard InChI is InChI=1S/C13H19N3/c1-2-12(9-14-6-1)16-13-8-11(5-7-15-13)10-3-4-10/h5,7-8,10,12,14H,1-4,6,9H2,(H,15,16). The van der Waals surface area contributed by atoms with Gasteiger partial charge in [-0.1, -0.05) is 0 Å². The van der Waals surface area contributed by atoms with Crippen LogP contribution >= 0.6 is 0 Å². The molecular weight excluding hydrogens is 198 g/mol. The second-order valence-corrected chi connectivity index (χ2v) is 4.94. The Kier molecular flexibility index (Phi) is 2.79. The van der Waals surface area contributed by atoms with Gasteiger partial charge in [0, 0.05) is 18.8 Å². The molecule has 1 aromatic heterocycles. The van der Waals surface area contributed by atoms with Crippen LogP contribution in [0.1, 0.15) is 37.2 Å². The van der Waals surface area contributed by atoms with Gasteiger partial charge in [0.2, 0.25) is 0 Å². The van der Waals surface area contributed by atoms with Gasteiger partial charge in [-0.25, -0.2) is 4.98 Å². The third kappa shape index (κ3) is 2.35. The molecule has 16 heavy (non-hydrogen) atoms. The van der Waals surface area contributed by atoms with E-state index in [4.69, 9.17) is 0 Å². The zero-order valence-corrected chi connectivity index (χ0v) is 9.58. The Morgan fingerprint density at radius 1 is 1.31 bits per heavy atom. The molecule has 1 aromatic rings. The van der Waals surface area contributed by atoms with Crippen LogP contribution in [0.25, 0.3) is 0 Å². The van der Waals surface area contributed by atoms with Crippen LogP contribution < -0.4 is 10.6 Å². The molecule has 3 rings (SSSR count). The normalized spacial score (nSPS) is 25.4. The molecule has 86 valence electrons. The van der Waals surface area contributed by atoms with E-state index in [1.54, 1.807) is 0 Å². The number of hydrogen-bond donors (Lipinski definition) is 2. The van der Waals surface area contributed by atoms with E-state index in [9.17, 15) is 0 Å². The molecule has 1 unspecified atom stereocenters. The molecule has 1 aliphatic heterocycles. The fourth-order valence-corrected chi connectivity index (χ4v) is 2.38. The van der Waals surface area contributed by atoms with Gasteiger partial charge in [0.25, 0.3) is 0 Å². The van der Waals surface area contributed by atoms with Gasteiger partial charge >= 0.3 is 0 Å². The average Bonchev–Trinajstić information content (AvgIpc) is 3.15. The minimum Gasteiger partial charge on any atom is -0.366 e. The highest BCUT2D eigenvalue weighted by Crippen LogP contribution is 2.40. The number of nitrogens with zero attached hydrogens (tertiary/aromatic N) is 1. The summed E-state index contributed by atoms with van der Waals surface area (Å²) >= 11 is 0. The molecule has 0 radical (unpaired) electrons. The van der Waals surface area contributed by atoms with Crippen LogP contribution in [0.5, 0.6) is 0 Å². The minimum absolute atomic E-state index is 0.552. The predicted molar refractivity (Wildman–Crippen MR) is 65.7 cm³/mol. The van der Waals surface area contributed by atoms with Gasteiger partial charge in [0.15, 0.2) is 0 Å². The molecule has 3 heteroatoms. The Bertz CT molecular complexity index is 354. The molecule has 2 N–H and O–H groups in total. The molecule has 2 aliphatic rings. The van der Waals surface area contributed by atoms with Crippen LogP contribution in [-0.4, -0.2) is 24.1 Å². The Balaban J connectivity index is 1.66. The molecule has 1 saturated carbocycles. The van der Waals surface area contributed by atoms with E-state index in [0.717, 1.165) is 24.8 Å². The zero-order chi connectivity index (χ0) is 10.8. The van der Waals surface area contributed by atoms with Crippen LogP contribution in [0.4, 0.5) is 5.82 Å². The smallest absolute Gasteiger partial charge is 0.126 e. The lowest BCUT2D eigenvalue weighted by Gasteiger charge is -2.24. The minimum atomic E-state index is 0.552. The van der Waals surface area contributed by atoms with E-state index in [1.165, 1.54) is 31.2 Å². The predicted octanol–water partition coefficient (Wildman–Crippen LogP) is 2.12. The summed E-state index contributed by atoms with van der Waals surface area (Å²) in [6.45, 7) is 2.23. The second-order valence-electron chi connectivity index (χ2n) is 4.94. The van der Waals surface area contributed by atoms with E-state index < -0.39 is 0 Å². The van der Waals surface area contributed by atoms with E-state index in [1.807, 2.05) is 6.20 Å². The third-order valence-electron chi connectivity index (χ3n) is 3.48. The lowest BCUT2D eigenvalue weighted by Crippen LogP contribution is -2.38. The zero-order valence-electron chi connectivity index (χ0n) is 9.58. The van der Waals surface area contributed by atoms with Crippen LogP contribution in [0.2, 0.25) is 0 Å². The van der Waals surface area contributed by atoms with E-state index in [0.29, 0.717) is 6.04 Å². The summed E-state index contributed by atoms with van der Waals surface area (Å²) in [5.41, 5.74) is 1.46. The number of piperidine rings is 1. The lowest BCUT2D eigenvalue weighted by molar-refractivity contribution is 0.479. The number of nitrogens with one attached hydrogen (secondary N) is 2. The van der Waals surface area contributed by atoms with Gasteiger partial charge < -0.3 is 10.6 Å².